The summed E-state index contributed by atoms with van der Waals surface area (Å²) in [5.74, 6) is 2.39. The topological polar surface area (TPSA) is 30.5 Å². The number of hydrogen-bond acceptors (Lipinski definition) is 3. The molecule has 2 heterocycles. The van der Waals surface area contributed by atoms with Gasteiger partial charge in [-0.3, -0.25) is 0 Å². The monoisotopic (exact) mass is 281 g/mol. The number of halogens is 1. The highest BCUT2D eigenvalue weighted by molar-refractivity contribution is 6.31. The summed E-state index contributed by atoms with van der Waals surface area (Å²) < 4.78 is 11.5. The molecular formula is C15H20ClNO2. The highest BCUT2D eigenvalue weighted by atomic mass is 35.5. The largest absolute Gasteiger partial charge is 0.486 e. The van der Waals surface area contributed by atoms with Crippen molar-refractivity contribution in [2.45, 2.75) is 26.2 Å². The normalized spacial score (nSPS) is 22.3. The van der Waals surface area contributed by atoms with Gasteiger partial charge in [0.1, 0.15) is 13.2 Å². The molecule has 19 heavy (non-hydrogen) atoms. The van der Waals surface area contributed by atoms with Gasteiger partial charge in [0.2, 0.25) is 0 Å². The van der Waals surface area contributed by atoms with Gasteiger partial charge in [-0.2, -0.15) is 0 Å². The van der Waals surface area contributed by atoms with Crippen LogP contribution in [0.2, 0.25) is 5.02 Å². The van der Waals surface area contributed by atoms with Crippen LogP contribution in [0.5, 0.6) is 11.5 Å². The maximum Gasteiger partial charge on any atom is 0.164 e. The lowest BCUT2D eigenvalue weighted by atomic mass is 9.89. The summed E-state index contributed by atoms with van der Waals surface area (Å²) in [5, 5.41) is 4.24. The lowest BCUT2D eigenvalue weighted by Gasteiger charge is -2.27. The Balaban J connectivity index is 1.91. The van der Waals surface area contributed by atoms with E-state index in [1.807, 2.05) is 6.07 Å². The quantitative estimate of drug-likeness (QED) is 0.904. The van der Waals surface area contributed by atoms with E-state index < -0.39 is 0 Å². The zero-order valence-electron chi connectivity index (χ0n) is 11.3. The summed E-state index contributed by atoms with van der Waals surface area (Å²) in [5.41, 5.74) is 2.37. The Morgan fingerprint density at radius 1 is 1.37 bits per heavy atom. The van der Waals surface area contributed by atoms with E-state index >= 15 is 0 Å². The zero-order chi connectivity index (χ0) is 13.2. The van der Waals surface area contributed by atoms with E-state index in [4.69, 9.17) is 21.1 Å². The lowest BCUT2D eigenvalue weighted by molar-refractivity contribution is 0.169. The van der Waals surface area contributed by atoms with Gasteiger partial charge < -0.3 is 14.8 Å². The summed E-state index contributed by atoms with van der Waals surface area (Å²) in [7, 11) is 0. The second kappa shape index (κ2) is 5.59. The van der Waals surface area contributed by atoms with E-state index in [0.29, 0.717) is 19.1 Å². The number of fused-ring (bicyclic) bond motifs is 1. The van der Waals surface area contributed by atoms with Crippen LogP contribution in [0, 0.1) is 12.8 Å². The van der Waals surface area contributed by atoms with Crippen LogP contribution in [0.15, 0.2) is 6.07 Å². The molecule has 3 rings (SSSR count). The molecule has 0 radical (unpaired) electrons. The molecular weight excluding hydrogens is 262 g/mol. The second-order valence-corrected chi connectivity index (χ2v) is 5.81. The minimum atomic E-state index is 0.608. The minimum Gasteiger partial charge on any atom is -0.486 e. The van der Waals surface area contributed by atoms with Crippen LogP contribution in [0.4, 0.5) is 0 Å². The molecule has 1 N–H and O–H groups in total. The first-order valence-corrected chi connectivity index (χ1v) is 7.42. The summed E-state index contributed by atoms with van der Waals surface area (Å²) >= 11 is 6.32. The smallest absolute Gasteiger partial charge is 0.164 e. The molecule has 2 aliphatic heterocycles. The molecule has 0 aliphatic carbocycles. The van der Waals surface area contributed by atoms with Gasteiger partial charge in [-0.15, -0.1) is 0 Å². The molecule has 1 fully saturated rings. The molecule has 104 valence electrons. The van der Waals surface area contributed by atoms with Gasteiger partial charge >= 0.3 is 0 Å². The first-order chi connectivity index (χ1) is 9.25. The Bertz CT molecular complexity index is 470. The van der Waals surface area contributed by atoms with Crippen LogP contribution in [0.3, 0.4) is 0 Å². The number of nitrogens with one attached hydrogen (secondary N) is 1. The van der Waals surface area contributed by atoms with Crippen LogP contribution in [-0.2, 0) is 6.42 Å². The molecule has 1 aromatic carbocycles. The van der Waals surface area contributed by atoms with Crippen molar-refractivity contribution in [3.63, 3.8) is 0 Å². The standard InChI is InChI=1S/C15H20ClNO2/c1-10-12(7-11-3-2-4-17-9-11)15-14(8-13(10)16)18-5-6-19-15/h8,11,17H,2-7,9H2,1H3. The summed E-state index contributed by atoms with van der Waals surface area (Å²) in [4.78, 5) is 0. The molecule has 4 heteroatoms. The highest BCUT2D eigenvalue weighted by Crippen LogP contribution is 2.41. The number of piperidine rings is 1. The summed E-state index contributed by atoms with van der Waals surface area (Å²) in [6.07, 6.45) is 3.55. The molecule has 0 spiro atoms. The molecule has 1 aromatic rings. The number of rotatable bonds is 2. The number of hydrogen-bond donors (Lipinski definition) is 1. The lowest BCUT2D eigenvalue weighted by Crippen LogP contribution is -2.31. The fourth-order valence-electron chi connectivity index (χ4n) is 2.95. The SMILES string of the molecule is Cc1c(Cl)cc2c(c1CC1CCCNC1)OCCO2. The molecule has 3 nitrogen and oxygen atoms in total. The first-order valence-electron chi connectivity index (χ1n) is 7.04. The van der Waals surface area contributed by atoms with Crippen molar-refractivity contribution >= 4 is 11.6 Å². The Morgan fingerprint density at radius 3 is 3.00 bits per heavy atom. The highest BCUT2D eigenvalue weighted by Gasteiger charge is 2.23. The average molecular weight is 282 g/mol. The van der Waals surface area contributed by atoms with Crippen molar-refractivity contribution in [3.05, 3.63) is 22.2 Å². The third-order valence-corrected chi connectivity index (χ3v) is 4.44. The molecule has 0 aromatic heterocycles. The van der Waals surface area contributed by atoms with Gasteiger partial charge in [0.25, 0.3) is 0 Å². The van der Waals surface area contributed by atoms with E-state index in [2.05, 4.69) is 12.2 Å². The van der Waals surface area contributed by atoms with Crippen molar-refractivity contribution < 1.29 is 9.47 Å². The molecule has 0 amide bonds. The Kier molecular flexibility index (Phi) is 3.85. The van der Waals surface area contributed by atoms with Crippen LogP contribution >= 0.6 is 11.6 Å². The van der Waals surface area contributed by atoms with Gasteiger partial charge in [0.05, 0.1) is 0 Å². The van der Waals surface area contributed by atoms with E-state index in [1.165, 1.54) is 18.4 Å². The Hall–Kier alpha value is -0.930. The second-order valence-electron chi connectivity index (χ2n) is 5.40. The van der Waals surface area contributed by atoms with Crippen LogP contribution in [-0.4, -0.2) is 26.3 Å². The van der Waals surface area contributed by atoms with E-state index in [1.54, 1.807) is 0 Å². The minimum absolute atomic E-state index is 0.608. The van der Waals surface area contributed by atoms with Gasteiger partial charge in [-0.1, -0.05) is 11.6 Å². The number of benzene rings is 1. The van der Waals surface area contributed by atoms with E-state index in [9.17, 15) is 0 Å². The molecule has 1 unspecified atom stereocenters. The molecule has 1 atom stereocenters. The van der Waals surface area contributed by atoms with E-state index in [0.717, 1.165) is 41.6 Å². The molecule has 0 bridgehead atoms. The predicted molar refractivity (Wildman–Crippen MR) is 76.5 cm³/mol. The van der Waals surface area contributed by atoms with Crippen molar-refractivity contribution in [1.82, 2.24) is 5.32 Å². The molecule has 1 saturated heterocycles. The van der Waals surface area contributed by atoms with Crippen LogP contribution < -0.4 is 14.8 Å². The van der Waals surface area contributed by atoms with Crippen LogP contribution in [0.1, 0.15) is 24.0 Å². The van der Waals surface area contributed by atoms with Crippen molar-refractivity contribution in [1.29, 1.82) is 0 Å². The fourth-order valence-corrected chi connectivity index (χ4v) is 3.16. The summed E-state index contributed by atoms with van der Waals surface area (Å²) in [6.45, 7) is 5.54. The van der Waals surface area contributed by atoms with Crippen molar-refractivity contribution in [2.24, 2.45) is 5.92 Å². The van der Waals surface area contributed by atoms with Gasteiger partial charge in [0, 0.05) is 16.7 Å². The Labute approximate surface area is 119 Å². The third-order valence-electron chi connectivity index (χ3n) is 4.05. The predicted octanol–water partition coefficient (Wildman–Crippen LogP) is 2.96. The Morgan fingerprint density at radius 2 is 2.21 bits per heavy atom. The van der Waals surface area contributed by atoms with Crippen molar-refractivity contribution in [2.75, 3.05) is 26.3 Å². The maximum atomic E-state index is 6.32. The molecule has 2 aliphatic rings. The van der Waals surface area contributed by atoms with Gasteiger partial charge in [0.15, 0.2) is 11.5 Å². The summed E-state index contributed by atoms with van der Waals surface area (Å²) in [6, 6.07) is 1.88. The fraction of sp³-hybridized carbons (Fsp3) is 0.600. The number of ether oxygens (including phenoxy) is 2. The van der Waals surface area contributed by atoms with Crippen LogP contribution in [0.25, 0.3) is 0 Å². The maximum absolute atomic E-state index is 6.32. The van der Waals surface area contributed by atoms with E-state index in [-0.39, 0.29) is 0 Å². The zero-order valence-corrected chi connectivity index (χ0v) is 12.1. The van der Waals surface area contributed by atoms with Gasteiger partial charge in [-0.25, -0.2) is 0 Å². The van der Waals surface area contributed by atoms with Gasteiger partial charge in [-0.05, 0) is 50.8 Å². The molecule has 0 saturated carbocycles. The third kappa shape index (κ3) is 2.67. The average Bonchev–Trinajstić information content (AvgIpc) is 2.45. The van der Waals surface area contributed by atoms with Crippen molar-refractivity contribution in [3.8, 4) is 11.5 Å². The first kappa shape index (κ1) is 13.1.